The van der Waals surface area contributed by atoms with Crippen LogP contribution >= 0.6 is 0 Å². The van der Waals surface area contributed by atoms with Gasteiger partial charge in [0.05, 0.1) is 35.0 Å². The van der Waals surface area contributed by atoms with Crippen LogP contribution in [0.3, 0.4) is 0 Å². The maximum atomic E-state index is 16.2. The minimum atomic E-state index is -3.45. The lowest BCUT2D eigenvalue weighted by Crippen LogP contribution is -2.45. The molecule has 3 aliphatic heterocycles. The van der Waals surface area contributed by atoms with Crippen molar-refractivity contribution in [1.29, 1.82) is 0 Å². The fraction of sp³-hybridized carbons (Fsp3) is 0.500. The molecule has 0 bridgehead atoms. The number of halogens is 1. The lowest BCUT2D eigenvalue weighted by Gasteiger charge is -2.31. The quantitative estimate of drug-likeness (QED) is 0.120. The van der Waals surface area contributed by atoms with Crippen molar-refractivity contribution in [2.24, 2.45) is 5.92 Å². The summed E-state index contributed by atoms with van der Waals surface area (Å²) in [5.41, 5.74) is 0.522. The summed E-state index contributed by atoms with van der Waals surface area (Å²) in [5, 5.41) is 35.4. The second-order valence-corrected chi connectivity index (χ2v) is 17.0. The molecule has 2 fully saturated rings. The van der Waals surface area contributed by atoms with Crippen molar-refractivity contribution in [3.63, 3.8) is 0 Å². The summed E-state index contributed by atoms with van der Waals surface area (Å²) in [4.78, 5) is 40.1. The Morgan fingerprint density at radius 1 is 1.28 bits per heavy atom. The zero-order valence-corrected chi connectivity index (χ0v) is 27.7. The van der Waals surface area contributed by atoms with Gasteiger partial charge in [-0.3, -0.25) is 24.4 Å². The van der Waals surface area contributed by atoms with Crippen molar-refractivity contribution in [3.8, 4) is 0 Å². The molecule has 1 spiro atoms. The first-order chi connectivity index (χ1) is 22.4. The Labute approximate surface area is 272 Å². The average Bonchev–Trinajstić information content (AvgIpc) is 3.82. The van der Waals surface area contributed by atoms with Crippen molar-refractivity contribution < 1.29 is 28.5 Å². The summed E-state index contributed by atoms with van der Waals surface area (Å²) in [6.45, 7) is 6.28. The van der Waals surface area contributed by atoms with E-state index in [1.165, 1.54) is 12.1 Å². The summed E-state index contributed by atoms with van der Waals surface area (Å²) in [6.07, 6.45) is 3.52. The van der Waals surface area contributed by atoms with Gasteiger partial charge in [-0.25, -0.2) is 0 Å². The second-order valence-electron chi connectivity index (χ2n) is 13.2. The Morgan fingerprint density at radius 3 is 2.70 bits per heavy atom. The summed E-state index contributed by atoms with van der Waals surface area (Å²) in [6, 6.07) is 11.3. The number of nitrogens with zero attached hydrogens (tertiary/aromatic N) is 5. The third-order valence-corrected chi connectivity index (χ3v) is 12.1. The van der Waals surface area contributed by atoms with Crippen LogP contribution in [0.2, 0.25) is 18.6 Å². The molecule has 3 aliphatic rings. The molecule has 6 rings (SSSR count). The predicted octanol–water partition coefficient (Wildman–Crippen LogP) is 3.82. The first-order valence-electron chi connectivity index (χ1n) is 16.0. The molecular formula is C32H40FN7O6Si. The van der Waals surface area contributed by atoms with Crippen molar-refractivity contribution in [3.05, 3.63) is 75.6 Å². The van der Waals surface area contributed by atoms with Crippen LogP contribution in [0.1, 0.15) is 43.0 Å². The molecule has 0 saturated carbocycles. The molecule has 0 radical (unpaired) electrons. The molecule has 3 aromatic rings. The number of carbonyl (C=O) groups is 2. The highest BCUT2D eigenvalue weighted by Gasteiger charge is 2.66. The number of aliphatic hydroxyl groups is 1. The molecule has 0 aliphatic carbocycles. The van der Waals surface area contributed by atoms with E-state index in [-0.39, 0.29) is 36.7 Å². The van der Waals surface area contributed by atoms with Crippen molar-refractivity contribution in [1.82, 2.24) is 20.3 Å². The molecule has 250 valence electrons. The molecule has 0 unspecified atom stereocenters. The smallest absolute Gasteiger partial charge is 0.269 e. The number of amides is 2. The van der Waals surface area contributed by atoms with Gasteiger partial charge in [-0.2, -0.15) is 0 Å². The topological polar surface area (TPSA) is 165 Å². The lowest BCUT2D eigenvalue weighted by atomic mass is 9.82. The van der Waals surface area contributed by atoms with E-state index in [0.29, 0.717) is 42.0 Å². The maximum absolute atomic E-state index is 16.2. The number of carbonyl (C=O) groups excluding carboxylic acids is 2. The molecule has 2 aromatic carbocycles. The number of non-ortho nitro benzene ring substituents is 1. The van der Waals surface area contributed by atoms with Gasteiger partial charge in [-0.1, -0.05) is 24.3 Å². The van der Waals surface area contributed by atoms with E-state index in [0.717, 1.165) is 24.9 Å². The highest BCUT2D eigenvalue weighted by molar-refractivity contribution is 6.72. The minimum Gasteiger partial charge on any atom is -0.396 e. The summed E-state index contributed by atoms with van der Waals surface area (Å²) in [7, 11) is -3.45. The first-order valence-corrected chi connectivity index (χ1v) is 19.0. The summed E-state index contributed by atoms with van der Waals surface area (Å²) >= 11 is 0. The molecule has 5 atom stereocenters. The molecule has 15 heteroatoms. The number of nitro benzene ring substituents is 1. The zero-order valence-electron chi connectivity index (χ0n) is 26.7. The van der Waals surface area contributed by atoms with Gasteiger partial charge in [-0.15, -0.1) is 5.10 Å². The second kappa shape index (κ2) is 12.9. The van der Waals surface area contributed by atoms with Crippen LogP contribution in [-0.4, -0.2) is 70.5 Å². The van der Waals surface area contributed by atoms with Gasteiger partial charge in [0.2, 0.25) is 14.3 Å². The molecule has 47 heavy (non-hydrogen) atoms. The Hall–Kier alpha value is -4.05. The number of benzene rings is 2. The predicted molar refractivity (Wildman–Crippen MR) is 174 cm³/mol. The molecule has 2 amide bonds. The van der Waals surface area contributed by atoms with E-state index in [1.807, 2.05) is 19.1 Å². The van der Waals surface area contributed by atoms with Gasteiger partial charge < -0.3 is 29.5 Å². The van der Waals surface area contributed by atoms with E-state index >= 15 is 4.11 Å². The minimum absolute atomic E-state index is 0.0584. The van der Waals surface area contributed by atoms with E-state index in [2.05, 4.69) is 20.9 Å². The number of aryl methyl sites for hydroxylation is 1. The zero-order chi connectivity index (χ0) is 33.5. The fourth-order valence-electron chi connectivity index (χ4n) is 7.53. The van der Waals surface area contributed by atoms with Gasteiger partial charge in [0.1, 0.15) is 0 Å². The molecule has 13 nitrogen and oxygen atoms in total. The summed E-state index contributed by atoms with van der Waals surface area (Å²) < 4.78 is 24.5. The summed E-state index contributed by atoms with van der Waals surface area (Å²) in [5.74, 6) is -1.09. The molecule has 1 aromatic heterocycles. The van der Waals surface area contributed by atoms with Crippen LogP contribution < -0.4 is 15.5 Å². The molecule has 4 heterocycles. The van der Waals surface area contributed by atoms with Crippen LogP contribution in [0.4, 0.5) is 21.2 Å². The standard InChI is InChI=1S/C32H40FN7O6Si/c1-20-29(47(2,3)33)28(12-15-38-19-23(13-16-41)36-37-38)46-32(20)25-17-24(40(44)45)10-11-27(25)39(31(32)43)18-21-6-8-22(9-7-21)35-30(42)26-5-4-14-34-26/h6-11,17,19-20,26,28-29,34,41H,4-5,12-16,18H2,1-3H3,(H,35,42)/t20-,26+,28+,29-,32+/m0/s1. The number of nitrogens with one attached hydrogen (secondary N) is 2. The number of fused-ring (bicyclic) bond motifs is 2. The lowest BCUT2D eigenvalue weighted by molar-refractivity contribution is -0.385. The monoisotopic (exact) mass is 665 g/mol. The molecular weight excluding hydrogens is 625 g/mol. The number of ether oxygens (including phenoxy) is 1. The number of rotatable bonds is 11. The first kappa shape index (κ1) is 32.9. The van der Waals surface area contributed by atoms with Crippen LogP contribution in [0.5, 0.6) is 0 Å². The number of anilines is 2. The number of hydrogen-bond acceptors (Lipinski definition) is 9. The van der Waals surface area contributed by atoms with Gasteiger partial charge in [0.15, 0.2) is 5.60 Å². The number of aromatic nitrogens is 3. The van der Waals surface area contributed by atoms with E-state index in [1.54, 1.807) is 47.1 Å². The maximum Gasteiger partial charge on any atom is 0.269 e. The van der Waals surface area contributed by atoms with Crippen LogP contribution in [0, 0.1) is 16.0 Å². The number of hydrogen-bond donors (Lipinski definition) is 3. The normalized spacial score (nSPS) is 25.5. The Balaban J connectivity index is 1.29. The van der Waals surface area contributed by atoms with E-state index < -0.39 is 36.5 Å². The largest absolute Gasteiger partial charge is 0.396 e. The van der Waals surface area contributed by atoms with E-state index in [4.69, 9.17) is 4.74 Å². The van der Waals surface area contributed by atoms with Crippen molar-refractivity contribution >= 4 is 37.3 Å². The SMILES string of the molecule is C[C@H]1[C@H]([Si](C)(C)F)[C@@H](CCn2cc(CCO)nn2)O[C@]12C(=O)N(Cc1ccc(NC(=O)[C@H]3CCCN3)cc1)c1ccc([N+](=O)[O-])cc12. The average molecular weight is 666 g/mol. The van der Waals surface area contributed by atoms with Crippen molar-refractivity contribution in [2.45, 2.75) is 82.1 Å². The van der Waals surface area contributed by atoms with Gasteiger partial charge in [0, 0.05) is 60.6 Å². The highest BCUT2D eigenvalue weighted by atomic mass is 28.4. The van der Waals surface area contributed by atoms with Crippen molar-refractivity contribution in [2.75, 3.05) is 23.4 Å². The Morgan fingerprint density at radius 2 is 2.04 bits per heavy atom. The highest BCUT2D eigenvalue weighted by Crippen LogP contribution is 2.60. The van der Waals surface area contributed by atoms with Crippen LogP contribution in [-0.2, 0) is 39.4 Å². The molecule has 2 saturated heterocycles. The number of aliphatic hydroxyl groups excluding tert-OH is 1. The van der Waals surface area contributed by atoms with E-state index in [9.17, 15) is 24.8 Å². The van der Waals surface area contributed by atoms with Crippen LogP contribution in [0.15, 0.2) is 48.7 Å². The van der Waals surface area contributed by atoms with Gasteiger partial charge >= 0.3 is 0 Å². The Bertz CT molecular complexity index is 1660. The fourth-order valence-corrected chi connectivity index (χ4v) is 10.1. The Kier molecular flexibility index (Phi) is 9.00. The number of nitro groups is 1. The van der Waals surface area contributed by atoms with Gasteiger partial charge in [-0.05, 0) is 62.7 Å². The third kappa shape index (κ3) is 6.20. The van der Waals surface area contributed by atoms with Gasteiger partial charge in [0.25, 0.3) is 11.6 Å². The molecule has 3 N–H and O–H groups in total. The third-order valence-electron chi connectivity index (χ3n) is 9.69. The van der Waals surface area contributed by atoms with Crippen LogP contribution in [0.25, 0.3) is 0 Å².